The fourth-order valence-electron chi connectivity index (χ4n) is 3.17. The molecule has 1 heterocycles. The molecule has 0 aromatic carbocycles. The summed E-state index contributed by atoms with van der Waals surface area (Å²) in [5.41, 5.74) is 4.99. The van der Waals surface area contributed by atoms with Gasteiger partial charge in [0.05, 0.1) is 6.61 Å². The van der Waals surface area contributed by atoms with Gasteiger partial charge in [0, 0.05) is 13.3 Å². The minimum Gasteiger partial charge on any atom is -0.480 e. The van der Waals surface area contributed by atoms with Gasteiger partial charge in [-0.15, -0.1) is 0 Å². The number of aliphatic hydroxyl groups is 3. The second-order valence-electron chi connectivity index (χ2n) is 7.84. The van der Waals surface area contributed by atoms with E-state index in [4.69, 9.17) is 20.3 Å². The van der Waals surface area contributed by atoms with Crippen LogP contribution >= 0.6 is 0 Å². The summed E-state index contributed by atoms with van der Waals surface area (Å²) in [5.74, 6) is -4.39. The Morgan fingerprint density at radius 1 is 1.09 bits per heavy atom. The lowest BCUT2D eigenvalue weighted by atomic mass is 9.96. The van der Waals surface area contributed by atoms with Crippen LogP contribution in [0.3, 0.4) is 0 Å². The fourth-order valence-corrected chi connectivity index (χ4v) is 3.17. The molecule has 15 nitrogen and oxygen atoms in total. The highest BCUT2D eigenvalue weighted by molar-refractivity contribution is 5.91. The van der Waals surface area contributed by atoms with Gasteiger partial charge in [-0.25, -0.2) is 4.79 Å². The number of aliphatic hydroxyl groups excluding tert-OH is 3. The summed E-state index contributed by atoms with van der Waals surface area (Å²) in [4.78, 5) is 58.4. The normalized spacial score (nSPS) is 27.1. The Labute approximate surface area is 195 Å². The van der Waals surface area contributed by atoms with Crippen LogP contribution in [0.4, 0.5) is 0 Å². The smallest absolute Gasteiger partial charge is 0.326 e. The SMILES string of the molecule is CC(=O)N[C@@H]1[C@@H](O[C@H](C)C(=O)N[C@@H](C)C(=O)N[C@@H](CCC(N)=O)C(=O)O)[C@H](O)[C@@H](CO)O[C@@H]1O. The molecule has 0 unspecified atom stereocenters. The van der Waals surface area contributed by atoms with E-state index in [0.29, 0.717) is 0 Å². The van der Waals surface area contributed by atoms with Crippen molar-refractivity contribution >= 4 is 29.6 Å². The van der Waals surface area contributed by atoms with Crippen LogP contribution in [0.5, 0.6) is 0 Å². The third-order valence-corrected chi connectivity index (χ3v) is 5.02. The number of hydrogen-bond acceptors (Lipinski definition) is 10. The quantitative estimate of drug-likeness (QED) is 0.129. The summed E-state index contributed by atoms with van der Waals surface area (Å²) in [6.45, 7) is 3.03. The first-order chi connectivity index (χ1) is 15.8. The first-order valence-electron chi connectivity index (χ1n) is 10.4. The average molecular weight is 492 g/mol. The molecule has 0 radical (unpaired) electrons. The Balaban J connectivity index is 2.80. The number of amides is 4. The van der Waals surface area contributed by atoms with Gasteiger partial charge < -0.3 is 51.6 Å². The number of rotatable bonds is 12. The maximum atomic E-state index is 12.5. The molecule has 1 rings (SSSR count). The van der Waals surface area contributed by atoms with Gasteiger partial charge in [0.2, 0.25) is 23.6 Å². The summed E-state index contributed by atoms with van der Waals surface area (Å²) in [5, 5.41) is 45.9. The lowest BCUT2D eigenvalue weighted by molar-refractivity contribution is -0.266. The van der Waals surface area contributed by atoms with Crippen LogP contribution in [0.2, 0.25) is 0 Å². The largest absolute Gasteiger partial charge is 0.480 e. The molecule has 1 saturated heterocycles. The van der Waals surface area contributed by atoms with Gasteiger partial charge in [0.25, 0.3) is 0 Å². The molecule has 0 bridgehead atoms. The highest BCUT2D eigenvalue weighted by Gasteiger charge is 2.47. The molecule has 194 valence electrons. The van der Waals surface area contributed by atoms with Crippen LogP contribution < -0.4 is 21.7 Å². The van der Waals surface area contributed by atoms with Crippen LogP contribution in [0, 0.1) is 0 Å². The molecule has 1 aliphatic rings. The summed E-state index contributed by atoms with van der Waals surface area (Å²) in [7, 11) is 0. The predicted molar refractivity (Wildman–Crippen MR) is 112 cm³/mol. The molecule has 15 heteroatoms. The van der Waals surface area contributed by atoms with Gasteiger partial charge >= 0.3 is 5.97 Å². The number of ether oxygens (including phenoxy) is 2. The van der Waals surface area contributed by atoms with Crippen molar-refractivity contribution in [2.24, 2.45) is 5.73 Å². The second-order valence-corrected chi connectivity index (χ2v) is 7.84. The maximum Gasteiger partial charge on any atom is 0.326 e. The van der Waals surface area contributed by atoms with Crippen molar-refractivity contribution in [1.29, 1.82) is 0 Å². The van der Waals surface area contributed by atoms with Crippen LogP contribution in [0.15, 0.2) is 0 Å². The molecule has 34 heavy (non-hydrogen) atoms. The molecule has 0 spiro atoms. The first-order valence-corrected chi connectivity index (χ1v) is 10.4. The van der Waals surface area contributed by atoms with Crippen molar-refractivity contribution in [3.63, 3.8) is 0 Å². The number of hydrogen-bond donors (Lipinski definition) is 8. The van der Waals surface area contributed by atoms with Crippen molar-refractivity contribution in [3.05, 3.63) is 0 Å². The van der Waals surface area contributed by atoms with Gasteiger partial charge in [-0.3, -0.25) is 19.2 Å². The van der Waals surface area contributed by atoms with Gasteiger partial charge in [-0.2, -0.15) is 0 Å². The van der Waals surface area contributed by atoms with E-state index in [9.17, 15) is 39.3 Å². The van der Waals surface area contributed by atoms with E-state index in [2.05, 4.69) is 16.0 Å². The van der Waals surface area contributed by atoms with E-state index in [1.54, 1.807) is 0 Å². The molecule has 0 aromatic rings. The zero-order valence-corrected chi connectivity index (χ0v) is 19.0. The van der Waals surface area contributed by atoms with Gasteiger partial charge in [-0.05, 0) is 20.3 Å². The first kappa shape index (κ1) is 29.2. The topological polar surface area (TPSA) is 247 Å². The molecular weight excluding hydrogens is 460 g/mol. The highest BCUT2D eigenvalue weighted by atomic mass is 16.6. The van der Waals surface area contributed by atoms with Crippen LogP contribution in [0.1, 0.15) is 33.6 Å². The minimum atomic E-state index is -1.65. The van der Waals surface area contributed by atoms with Crippen LogP contribution in [0.25, 0.3) is 0 Å². The Bertz CT molecular complexity index is 765. The molecule has 1 fully saturated rings. The third-order valence-electron chi connectivity index (χ3n) is 5.02. The number of carbonyl (C=O) groups excluding carboxylic acids is 4. The molecule has 1 aliphatic heterocycles. The predicted octanol–water partition coefficient (Wildman–Crippen LogP) is -4.33. The third kappa shape index (κ3) is 8.49. The van der Waals surface area contributed by atoms with Crippen LogP contribution in [-0.2, 0) is 33.4 Å². The molecule has 0 aromatic heterocycles. The fraction of sp³-hybridized carbons (Fsp3) is 0.737. The molecule has 0 aliphatic carbocycles. The van der Waals surface area contributed by atoms with Gasteiger partial charge in [0.15, 0.2) is 6.29 Å². The number of carboxylic acid groups (broad SMARTS) is 1. The Kier molecular flexibility index (Phi) is 11.3. The van der Waals surface area contributed by atoms with E-state index in [-0.39, 0.29) is 12.8 Å². The Morgan fingerprint density at radius 2 is 1.71 bits per heavy atom. The summed E-state index contributed by atoms with van der Waals surface area (Å²) in [6.07, 6.45) is -7.62. The van der Waals surface area contributed by atoms with E-state index < -0.39 is 85.0 Å². The molecule has 4 amide bonds. The maximum absolute atomic E-state index is 12.5. The minimum absolute atomic E-state index is 0.239. The van der Waals surface area contributed by atoms with Crippen LogP contribution in [-0.4, -0.2) is 105 Å². The van der Waals surface area contributed by atoms with E-state index >= 15 is 0 Å². The highest BCUT2D eigenvalue weighted by Crippen LogP contribution is 2.23. The number of aliphatic carboxylic acids is 1. The monoisotopic (exact) mass is 492 g/mol. The molecule has 9 N–H and O–H groups in total. The van der Waals surface area contributed by atoms with E-state index in [1.807, 2.05) is 0 Å². The Hall–Kier alpha value is -2.85. The standard InChI is InChI=1S/C19H32N4O11/c1-7(16(28)23-10(18(30)31)4-5-12(20)26)21-17(29)8(2)33-15-13(22-9(3)25)19(32)34-11(6-24)14(15)27/h7-8,10-11,13-15,19,24,27,32H,4-6H2,1-3H3,(H2,20,26)(H,21,29)(H,22,25)(H,23,28)(H,30,31)/t7-,8+,10-,11+,13+,14+,15+,19-/m0/s1. The number of primary amides is 1. The van der Waals surface area contributed by atoms with Gasteiger partial charge in [-0.1, -0.05) is 0 Å². The van der Waals surface area contributed by atoms with E-state index in [0.717, 1.165) is 6.92 Å². The van der Waals surface area contributed by atoms with Crippen molar-refractivity contribution in [2.45, 2.75) is 82.4 Å². The number of carbonyl (C=O) groups is 5. The van der Waals surface area contributed by atoms with Gasteiger partial charge in [0.1, 0.15) is 42.5 Å². The average Bonchev–Trinajstić information content (AvgIpc) is 2.74. The van der Waals surface area contributed by atoms with Crippen molar-refractivity contribution in [2.75, 3.05) is 6.61 Å². The number of nitrogens with two attached hydrogens (primary N) is 1. The molecule has 8 atom stereocenters. The second kappa shape index (κ2) is 13.1. The summed E-state index contributed by atoms with van der Waals surface area (Å²) in [6, 6.07) is -3.89. The number of nitrogens with one attached hydrogen (secondary N) is 3. The van der Waals surface area contributed by atoms with E-state index in [1.165, 1.54) is 13.8 Å². The number of carboxylic acids is 1. The lowest BCUT2D eigenvalue weighted by Gasteiger charge is -2.43. The molecular formula is C19H32N4O11. The lowest BCUT2D eigenvalue weighted by Crippen LogP contribution is -2.65. The Morgan fingerprint density at radius 3 is 2.21 bits per heavy atom. The summed E-state index contributed by atoms with van der Waals surface area (Å²) >= 11 is 0. The van der Waals surface area contributed by atoms with Crippen molar-refractivity contribution in [3.8, 4) is 0 Å². The summed E-state index contributed by atoms with van der Waals surface area (Å²) < 4.78 is 10.6. The molecule has 0 saturated carbocycles. The van der Waals surface area contributed by atoms with Crippen molar-refractivity contribution in [1.82, 2.24) is 16.0 Å². The zero-order chi connectivity index (χ0) is 26.2. The van der Waals surface area contributed by atoms with Crippen molar-refractivity contribution < 1.29 is 53.9 Å². The zero-order valence-electron chi connectivity index (χ0n) is 19.0.